The standard InChI is InChI=1S/C26H31ClF3N5O3/c1-24(2,3)38-23(37)34-13-16-11-33(12-17(16)14-34)19-10-31-35(15-19)25(7-4-8-25)22(36)32-21-6-5-18(9-20(21)27)26(28,29)30/h5-6,9-10,15-17H,4,7-8,11-14H2,1-3H3,(H,32,36). The molecule has 0 spiro atoms. The van der Waals surface area contributed by atoms with Gasteiger partial charge in [-0.05, 0) is 58.2 Å². The zero-order chi connectivity index (χ0) is 27.5. The van der Waals surface area contributed by atoms with Gasteiger partial charge in [-0.3, -0.25) is 9.48 Å². The first-order chi connectivity index (χ1) is 17.7. The van der Waals surface area contributed by atoms with Crippen molar-refractivity contribution in [2.24, 2.45) is 11.8 Å². The van der Waals surface area contributed by atoms with Crippen LogP contribution in [0.3, 0.4) is 0 Å². The highest BCUT2D eigenvalue weighted by Crippen LogP contribution is 2.42. The summed E-state index contributed by atoms with van der Waals surface area (Å²) in [5.74, 6) is 0.300. The molecule has 5 rings (SSSR count). The Balaban J connectivity index is 1.24. The van der Waals surface area contributed by atoms with Gasteiger partial charge in [0.2, 0.25) is 0 Å². The molecule has 1 aliphatic carbocycles. The first kappa shape index (κ1) is 26.6. The Labute approximate surface area is 224 Å². The monoisotopic (exact) mass is 553 g/mol. The molecule has 1 aromatic heterocycles. The van der Waals surface area contributed by atoms with E-state index in [1.807, 2.05) is 27.0 Å². The molecule has 8 nitrogen and oxygen atoms in total. The molecule has 2 unspecified atom stereocenters. The number of carbonyl (C=O) groups excluding carboxylic acids is 2. The molecular formula is C26H31ClF3N5O3. The topological polar surface area (TPSA) is 79.7 Å². The second-order valence-corrected chi connectivity index (χ2v) is 11.9. The van der Waals surface area contributed by atoms with Crippen molar-refractivity contribution in [3.05, 3.63) is 41.2 Å². The molecule has 2 atom stereocenters. The number of anilines is 2. The Hall–Kier alpha value is -2.95. The van der Waals surface area contributed by atoms with Gasteiger partial charge in [0.15, 0.2) is 0 Å². The Morgan fingerprint density at radius 3 is 2.29 bits per heavy atom. The van der Waals surface area contributed by atoms with Gasteiger partial charge < -0.3 is 19.9 Å². The summed E-state index contributed by atoms with van der Waals surface area (Å²) in [6.45, 7) is 8.40. The minimum Gasteiger partial charge on any atom is -0.444 e. The second-order valence-electron chi connectivity index (χ2n) is 11.5. The zero-order valence-corrected chi connectivity index (χ0v) is 22.3. The van der Waals surface area contributed by atoms with Gasteiger partial charge in [0, 0.05) is 44.2 Å². The fourth-order valence-corrected chi connectivity index (χ4v) is 5.72. The summed E-state index contributed by atoms with van der Waals surface area (Å²) >= 11 is 6.06. The molecule has 0 radical (unpaired) electrons. The van der Waals surface area contributed by atoms with Crippen molar-refractivity contribution in [2.45, 2.75) is 57.3 Å². The summed E-state index contributed by atoms with van der Waals surface area (Å²) in [6, 6.07) is 2.88. The molecule has 1 aromatic carbocycles. The molecule has 2 amide bonds. The van der Waals surface area contributed by atoms with Crippen LogP contribution >= 0.6 is 11.6 Å². The van der Waals surface area contributed by atoms with Gasteiger partial charge in [-0.15, -0.1) is 0 Å². The third-order valence-corrected chi connectivity index (χ3v) is 7.97. The van der Waals surface area contributed by atoms with Crippen LogP contribution in [0.1, 0.15) is 45.6 Å². The first-order valence-corrected chi connectivity index (χ1v) is 13.1. The van der Waals surface area contributed by atoms with E-state index < -0.39 is 22.9 Å². The van der Waals surface area contributed by atoms with Crippen LogP contribution in [0.2, 0.25) is 5.02 Å². The normalized spacial score (nSPS) is 22.7. The number of nitrogens with one attached hydrogen (secondary N) is 1. The first-order valence-electron chi connectivity index (χ1n) is 12.7. The number of alkyl halides is 3. The van der Waals surface area contributed by atoms with E-state index in [0.29, 0.717) is 37.8 Å². The quantitative estimate of drug-likeness (QED) is 0.550. The summed E-state index contributed by atoms with van der Waals surface area (Å²) in [6.07, 6.45) is 0.762. The molecule has 1 saturated carbocycles. The van der Waals surface area contributed by atoms with Gasteiger partial charge in [0.05, 0.1) is 28.2 Å². The number of ether oxygens (including phenoxy) is 1. The second kappa shape index (κ2) is 9.36. The van der Waals surface area contributed by atoms with E-state index in [9.17, 15) is 22.8 Å². The molecule has 38 heavy (non-hydrogen) atoms. The third kappa shape index (κ3) is 5.04. The van der Waals surface area contributed by atoms with E-state index in [-0.39, 0.29) is 22.7 Å². The predicted molar refractivity (Wildman–Crippen MR) is 136 cm³/mol. The van der Waals surface area contributed by atoms with E-state index >= 15 is 0 Å². The fraction of sp³-hybridized carbons (Fsp3) is 0.577. The highest BCUT2D eigenvalue weighted by molar-refractivity contribution is 6.33. The van der Waals surface area contributed by atoms with Crippen molar-refractivity contribution in [1.29, 1.82) is 0 Å². The van der Waals surface area contributed by atoms with Crippen LogP contribution in [0.15, 0.2) is 30.6 Å². The summed E-state index contributed by atoms with van der Waals surface area (Å²) in [7, 11) is 0. The zero-order valence-electron chi connectivity index (χ0n) is 21.5. The highest BCUT2D eigenvalue weighted by atomic mass is 35.5. The number of rotatable bonds is 4. The summed E-state index contributed by atoms with van der Waals surface area (Å²) in [5, 5.41) is 7.05. The molecule has 1 N–H and O–H groups in total. The number of amides is 2. The largest absolute Gasteiger partial charge is 0.444 e. The predicted octanol–water partition coefficient (Wildman–Crippen LogP) is 5.38. The smallest absolute Gasteiger partial charge is 0.416 e. The highest BCUT2D eigenvalue weighted by Gasteiger charge is 2.48. The van der Waals surface area contributed by atoms with Crippen LogP contribution in [0, 0.1) is 11.8 Å². The van der Waals surface area contributed by atoms with Gasteiger partial charge in [-0.1, -0.05) is 11.6 Å². The van der Waals surface area contributed by atoms with Crippen molar-refractivity contribution in [3.63, 3.8) is 0 Å². The lowest BCUT2D eigenvalue weighted by atomic mass is 9.76. The van der Waals surface area contributed by atoms with Gasteiger partial charge >= 0.3 is 12.3 Å². The number of hydrogen-bond donors (Lipinski definition) is 1. The number of benzene rings is 1. The van der Waals surface area contributed by atoms with Gasteiger partial charge in [-0.2, -0.15) is 18.3 Å². The van der Waals surface area contributed by atoms with Gasteiger partial charge in [-0.25, -0.2) is 4.79 Å². The van der Waals surface area contributed by atoms with E-state index in [2.05, 4.69) is 15.3 Å². The summed E-state index contributed by atoms with van der Waals surface area (Å²) in [5.41, 5.74) is -1.30. The molecule has 3 fully saturated rings. The van der Waals surface area contributed by atoms with E-state index in [1.165, 1.54) is 6.07 Å². The molecular weight excluding hydrogens is 523 g/mol. The number of aromatic nitrogens is 2. The van der Waals surface area contributed by atoms with Crippen LogP contribution in [-0.4, -0.2) is 58.5 Å². The summed E-state index contributed by atoms with van der Waals surface area (Å²) < 4.78 is 46.1. The maximum absolute atomic E-state index is 13.3. The number of nitrogens with zero attached hydrogens (tertiary/aromatic N) is 4. The maximum atomic E-state index is 13.3. The SMILES string of the molecule is CC(C)(C)OC(=O)N1CC2CN(c3cnn(C4(C(=O)Nc5ccc(C(F)(F)F)cc5Cl)CCC4)c3)CC2C1. The Kier molecular flexibility index (Phi) is 6.56. The average Bonchev–Trinajstić information content (AvgIpc) is 3.47. The molecule has 2 saturated heterocycles. The maximum Gasteiger partial charge on any atom is 0.416 e. The molecule has 0 bridgehead atoms. The fourth-order valence-electron chi connectivity index (χ4n) is 5.49. The number of fused-ring (bicyclic) bond motifs is 1. The number of hydrogen-bond acceptors (Lipinski definition) is 5. The molecule has 12 heteroatoms. The van der Waals surface area contributed by atoms with Crippen molar-refractivity contribution in [2.75, 3.05) is 36.4 Å². The molecule has 206 valence electrons. The number of halogens is 4. The minimum absolute atomic E-state index is 0.130. The molecule has 3 aliphatic rings. The van der Waals surface area contributed by atoms with Crippen LogP contribution in [0.5, 0.6) is 0 Å². The molecule has 3 heterocycles. The summed E-state index contributed by atoms with van der Waals surface area (Å²) in [4.78, 5) is 29.8. The Morgan fingerprint density at radius 2 is 1.76 bits per heavy atom. The average molecular weight is 554 g/mol. The molecule has 2 aliphatic heterocycles. The lowest BCUT2D eigenvalue weighted by Gasteiger charge is -2.40. The minimum atomic E-state index is -4.52. The van der Waals surface area contributed by atoms with E-state index in [1.54, 1.807) is 15.8 Å². The lowest BCUT2D eigenvalue weighted by Crippen LogP contribution is -2.51. The van der Waals surface area contributed by atoms with Crippen molar-refractivity contribution < 1.29 is 27.5 Å². The Bertz CT molecular complexity index is 1220. The van der Waals surface area contributed by atoms with Crippen LogP contribution in [0.4, 0.5) is 29.3 Å². The van der Waals surface area contributed by atoms with Gasteiger partial charge in [0.25, 0.3) is 5.91 Å². The van der Waals surface area contributed by atoms with Crippen molar-refractivity contribution in [1.82, 2.24) is 14.7 Å². The van der Waals surface area contributed by atoms with E-state index in [0.717, 1.165) is 37.3 Å². The van der Waals surface area contributed by atoms with E-state index in [4.69, 9.17) is 16.3 Å². The lowest BCUT2D eigenvalue weighted by molar-refractivity contribution is -0.137. The molecule has 2 aromatic rings. The van der Waals surface area contributed by atoms with Crippen LogP contribution < -0.4 is 10.2 Å². The van der Waals surface area contributed by atoms with Crippen molar-refractivity contribution >= 4 is 35.0 Å². The van der Waals surface area contributed by atoms with Crippen LogP contribution in [0.25, 0.3) is 0 Å². The van der Waals surface area contributed by atoms with Crippen molar-refractivity contribution in [3.8, 4) is 0 Å². The van der Waals surface area contributed by atoms with Crippen LogP contribution in [-0.2, 0) is 21.2 Å². The Morgan fingerprint density at radius 1 is 1.11 bits per heavy atom. The number of likely N-dealkylation sites (tertiary alicyclic amines) is 1. The number of carbonyl (C=O) groups is 2. The third-order valence-electron chi connectivity index (χ3n) is 7.66. The van der Waals surface area contributed by atoms with Gasteiger partial charge in [0.1, 0.15) is 11.1 Å².